The Bertz CT molecular complexity index is 413. The Balaban J connectivity index is 1.90. The molecule has 0 bridgehead atoms. The highest BCUT2D eigenvalue weighted by atomic mass is 79.9. The Morgan fingerprint density at radius 1 is 1.37 bits per heavy atom. The molecule has 0 heterocycles. The molecule has 2 rings (SSSR count). The van der Waals surface area contributed by atoms with Crippen molar-refractivity contribution < 1.29 is 5.11 Å². The van der Waals surface area contributed by atoms with Gasteiger partial charge in [0.05, 0.1) is 5.60 Å². The predicted octanol–water partition coefficient (Wildman–Crippen LogP) is 4.04. The zero-order valence-electron chi connectivity index (χ0n) is 11.8. The lowest BCUT2D eigenvalue weighted by Gasteiger charge is -2.36. The van der Waals surface area contributed by atoms with Crippen LogP contribution in [0.2, 0.25) is 0 Å². The first kappa shape index (κ1) is 15.0. The summed E-state index contributed by atoms with van der Waals surface area (Å²) in [7, 11) is 0. The van der Waals surface area contributed by atoms with Crippen molar-refractivity contribution in [2.45, 2.75) is 51.2 Å². The van der Waals surface area contributed by atoms with E-state index in [1.165, 1.54) is 5.56 Å². The minimum atomic E-state index is -0.512. The first-order chi connectivity index (χ1) is 9.00. The zero-order valence-corrected chi connectivity index (χ0v) is 13.4. The molecule has 2 nitrogen and oxygen atoms in total. The average Bonchev–Trinajstić information content (AvgIpc) is 2.41. The fourth-order valence-electron chi connectivity index (χ4n) is 2.76. The number of halogens is 1. The number of rotatable bonds is 4. The number of aliphatic hydroxyl groups is 1. The second kappa shape index (κ2) is 6.38. The highest BCUT2D eigenvalue weighted by molar-refractivity contribution is 9.10. The fourth-order valence-corrected chi connectivity index (χ4v) is 3.38. The number of benzene rings is 1. The van der Waals surface area contributed by atoms with Gasteiger partial charge in [-0.3, -0.25) is 0 Å². The summed E-state index contributed by atoms with van der Waals surface area (Å²) in [5.41, 5.74) is 0.734. The first-order valence-corrected chi connectivity index (χ1v) is 8.00. The largest absolute Gasteiger partial charge is 0.389 e. The van der Waals surface area contributed by atoms with Crippen molar-refractivity contribution in [2.75, 3.05) is 6.54 Å². The Morgan fingerprint density at radius 3 is 2.63 bits per heavy atom. The molecule has 1 aromatic carbocycles. The summed E-state index contributed by atoms with van der Waals surface area (Å²) in [6.07, 6.45) is 4.12. The molecule has 0 aromatic heterocycles. The minimum Gasteiger partial charge on any atom is -0.389 e. The van der Waals surface area contributed by atoms with Crippen LogP contribution in [0.3, 0.4) is 0 Å². The molecule has 1 aliphatic rings. The Kier molecular flexibility index (Phi) is 5.04. The molecule has 1 saturated carbocycles. The van der Waals surface area contributed by atoms with Gasteiger partial charge in [-0.2, -0.15) is 0 Å². The van der Waals surface area contributed by atoms with Gasteiger partial charge in [0.2, 0.25) is 0 Å². The lowest BCUT2D eigenvalue weighted by molar-refractivity contribution is -0.00785. The smallest absolute Gasteiger partial charge is 0.0772 e. The second-order valence-electron chi connectivity index (χ2n) is 6.03. The van der Waals surface area contributed by atoms with Gasteiger partial charge < -0.3 is 10.4 Å². The van der Waals surface area contributed by atoms with Crippen molar-refractivity contribution in [3.8, 4) is 0 Å². The molecule has 3 heteroatoms. The van der Waals surface area contributed by atoms with E-state index in [0.29, 0.717) is 6.54 Å². The van der Waals surface area contributed by atoms with Crippen LogP contribution < -0.4 is 5.32 Å². The summed E-state index contributed by atoms with van der Waals surface area (Å²) in [5.74, 6) is 0.765. The highest BCUT2D eigenvalue weighted by Crippen LogP contribution is 2.32. The summed E-state index contributed by atoms with van der Waals surface area (Å²) in [6, 6.07) is 8.50. The molecule has 0 radical (unpaired) electrons. The maximum Gasteiger partial charge on any atom is 0.0772 e. The lowest BCUT2D eigenvalue weighted by Crippen LogP contribution is -2.44. The van der Waals surface area contributed by atoms with Crippen molar-refractivity contribution in [3.05, 3.63) is 34.3 Å². The molecule has 0 saturated heterocycles. The molecule has 19 heavy (non-hydrogen) atoms. The van der Waals surface area contributed by atoms with E-state index in [0.717, 1.165) is 36.1 Å². The molecule has 1 unspecified atom stereocenters. The summed E-state index contributed by atoms with van der Waals surface area (Å²) in [5, 5.41) is 14.1. The van der Waals surface area contributed by atoms with Crippen LogP contribution in [-0.2, 0) is 0 Å². The molecule has 1 aromatic rings. The molecular weight excluding hydrogens is 302 g/mol. The monoisotopic (exact) mass is 325 g/mol. The minimum absolute atomic E-state index is 0.249. The van der Waals surface area contributed by atoms with Gasteiger partial charge in [0.15, 0.2) is 0 Å². The van der Waals surface area contributed by atoms with Crippen LogP contribution in [0.25, 0.3) is 0 Å². The van der Waals surface area contributed by atoms with Gasteiger partial charge in [-0.05, 0) is 50.2 Å². The van der Waals surface area contributed by atoms with Crippen LogP contribution in [0.4, 0.5) is 0 Å². The van der Waals surface area contributed by atoms with Gasteiger partial charge in [-0.1, -0.05) is 41.1 Å². The zero-order chi connectivity index (χ0) is 13.9. The van der Waals surface area contributed by atoms with Crippen molar-refractivity contribution >= 4 is 15.9 Å². The second-order valence-corrected chi connectivity index (χ2v) is 6.89. The van der Waals surface area contributed by atoms with Gasteiger partial charge in [0.1, 0.15) is 0 Å². The van der Waals surface area contributed by atoms with Crippen molar-refractivity contribution in [1.29, 1.82) is 0 Å². The van der Waals surface area contributed by atoms with Crippen molar-refractivity contribution in [3.63, 3.8) is 0 Å². The Morgan fingerprint density at radius 2 is 2.00 bits per heavy atom. The van der Waals surface area contributed by atoms with E-state index >= 15 is 0 Å². The topological polar surface area (TPSA) is 32.3 Å². The first-order valence-electron chi connectivity index (χ1n) is 7.20. The molecule has 1 aliphatic carbocycles. The van der Waals surface area contributed by atoms with Crippen molar-refractivity contribution in [1.82, 2.24) is 5.32 Å². The predicted molar refractivity (Wildman–Crippen MR) is 83.1 cm³/mol. The third-order valence-electron chi connectivity index (χ3n) is 4.31. The van der Waals surface area contributed by atoms with Crippen LogP contribution >= 0.6 is 15.9 Å². The lowest BCUT2D eigenvalue weighted by atomic mass is 9.79. The Hall–Kier alpha value is -0.380. The molecule has 106 valence electrons. The SMILES string of the molecule is CC1CCC(O)(CNC(C)c2ccccc2Br)CC1. The van der Waals surface area contributed by atoms with Gasteiger partial charge in [0.25, 0.3) is 0 Å². The van der Waals surface area contributed by atoms with E-state index < -0.39 is 5.60 Å². The number of hydrogen-bond donors (Lipinski definition) is 2. The van der Waals surface area contributed by atoms with E-state index in [1.807, 2.05) is 6.07 Å². The molecular formula is C16H24BrNO. The van der Waals surface area contributed by atoms with Crippen LogP contribution in [0.5, 0.6) is 0 Å². The van der Waals surface area contributed by atoms with Crippen LogP contribution in [0, 0.1) is 5.92 Å². The molecule has 2 N–H and O–H groups in total. The van der Waals surface area contributed by atoms with E-state index in [9.17, 15) is 5.11 Å². The molecule has 1 atom stereocenters. The van der Waals surface area contributed by atoms with Crippen LogP contribution in [0.15, 0.2) is 28.7 Å². The summed E-state index contributed by atoms with van der Waals surface area (Å²) in [6.45, 7) is 5.11. The average molecular weight is 326 g/mol. The number of hydrogen-bond acceptors (Lipinski definition) is 2. The third-order valence-corrected chi connectivity index (χ3v) is 5.04. The summed E-state index contributed by atoms with van der Waals surface area (Å²) in [4.78, 5) is 0. The van der Waals surface area contributed by atoms with E-state index in [4.69, 9.17) is 0 Å². The maximum atomic E-state index is 10.6. The molecule has 0 spiro atoms. The van der Waals surface area contributed by atoms with E-state index in [-0.39, 0.29) is 6.04 Å². The van der Waals surface area contributed by atoms with Gasteiger partial charge in [0, 0.05) is 17.1 Å². The van der Waals surface area contributed by atoms with Crippen molar-refractivity contribution in [2.24, 2.45) is 5.92 Å². The fraction of sp³-hybridized carbons (Fsp3) is 0.625. The maximum absolute atomic E-state index is 10.6. The van der Waals surface area contributed by atoms with Gasteiger partial charge in [-0.15, -0.1) is 0 Å². The quantitative estimate of drug-likeness (QED) is 0.875. The number of nitrogens with one attached hydrogen (secondary N) is 1. The molecule has 1 fully saturated rings. The standard InChI is InChI=1S/C16H24BrNO/c1-12-7-9-16(19,10-8-12)11-18-13(2)14-5-3-4-6-15(14)17/h3-6,12-13,18-19H,7-11H2,1-2H3. The van der Waals surface area contributed by atoms with Gasteiger partial charge >= 0.3 is 0 Å². The van der Waals surface area contributed by atoms with E-state index in [2.05, 4.69) is 53.3 Å². The van der Waals surface area contributed by atoms with Gasteiger partial charge in [-0.25, -0.2) is 0 Å². The summed E-state index contributed by atoms with van der Waals surface area (Å²) < 4.78 is 1.12. The summed E-state index contributed by atoms with van der Waals surface area (Å²) >= 11 is 3.58. The van der Waals surface area contributed by atoms with Crippen LogP contribution in [0.1, 0.15) is 51.1 Å². The molecule has 0 aliphatic heterocycles. The molecule has 0 amide bonds. The Labute approximate surface area is 124 Å². The van der Waals surface area contributed by atoms with E-state index in [1.54, 1.807) is 0 Å². The normalized spacial score (nSPS) is 29.2. The highest BCUT2D eigenvalue weighted by Gasteiger charge is 2.31. The third kappa shape index (κ3) is 4.04. The van der Waals surface area contributed by atoms with Crippen LogP contribution in [-0.4, -0.2) is 17.3 Å².